The standard InChI is InChI=1S/C13H17F3N2O2S/c1-2-6-3-7-8(4-6)12(20)18(11(7)19)5-9(10(17)21)13(14,15)16/h6-9H,2-5H2,1H3,(H2,17,21). The zero-order chi connectivity index (χ0) is 15.9. The number of nitrogens with two attached hydrogens (primary N) is 1. The van der Waals surface area contributed by atoms with E-state index in [1.165, 1.54) is 0 Å². The molecule has 21 heavy (non-hydrogen) atoms. The van der Waals surface area contributed by atoms with Gasteiger partial charge in [0.25, 0.3) is 0 Å². The Morgan fingerprint density at radius 1 is 1.33 bits per heavy atom. The molecule has 1 saturated heterocycles. The molecular weight excluding hydrogens is 305 g/mol. The number of imide groups is 1. The first kappa shape index (κ1) is 16.2. The van der Waals surface area contributed by atoms with Crippen LogP contribution >= 0.6 is 12.2 Å². The number of nitrogens with zero attached hydrogens (tertiary/aromatic N) is 1. The number of likely N-dealkylation sites (tertiary alicyclic amines) is 1. The van der Waals surface area contributed by atoms with Gasteiger partial charge in [-0.15, -0.1) is 0 Å². The van der Waals surface area contributed by atoms with Gasteiger partial charge in [0, 0.05) is 6.54 Å². The molecule has 2 fully saturated rings. The summed E-state index contributed by atoms with van der Waals surface area (Å²) < 4.78 is 38.6. The molecule has 2 N–H and O–H groups in total. The third-order valence-corrected chi connectivity index (χ3v) is 4.79. The number of alkyl halides is 3. The van der Waals surface area contributed by atoms with E-state index in [0.29, 0.717) is 23.7 Å². The van der Waals surface area contributed by atoms with Crippen LogP contribution in [0.1, 0.15) is 26.2 Å². The maximum absolute atomic E-state index is 12.9. The zero-order valence-corrected chi connectivity index (χ0v) is 12.3. The first-order chi connectivity index (χ1) is 9.66. The molecule has 2 aliphatic rings. The van der Waals surface area contributed by atoms with Crippen molar-refractivity contribution in [3.63, 3.8) is 0 Å². The van der Waals surface area contributed by atoms with Gasteiger partial charge < -0.3 is 5.73 Å². The smallest absolute Gasteiger partial charge is 0.393 e. The van der Waals surface area contributed by atoms with Gasteiger partial charge in [0.2, 0.25) is 11.8 Å². The maximum atomic E-state index is 12.9. The highest BCUT2D eigenvalue weighted by molar-refractivity contribution is 7.80. The van der Waals surface area contributed by atoms with Gasteiger partial charge in [-0.2, -0.15) is 13.2 Å². The molecule has 8 heteroatoms. The molecule has 1 saturated carbocycles. The predicted octanol–water partition coefficient (Wildman–Crippen LogP) is 1.87. The summed E-state index contributed by atoms with van der Waals surface area (Å²) in [7, 11) is 0. The van der Waals surface area contributed by atoms with Crippen LogP contribution in [-0.4, -0.2) is 34.4 Å². The summed E-state index contributed by atoms with van der Waals surface area (Å²) in [6, 6.07) is 0. The summed E-state index contributed by atoms with van der Waals surface area (Å²) in [6.45, 7) is 1.19. The van der Waals surface area contributed by atoms with Crippen molar-refractivity contribution in [1.29, 1.82) is 0 Å². The molecule has 0 aromatic rings. The second-order valence-corrected chi connectivity index (χ2v) is 6.21. The SMILES string of the molecule is CCC1CC2C(=O)N(CC(C(N)=S)C(F)(F)F)C(=O)C2C1. The fraction of sp³-hybridized carbons (Fsp3) is 0.769. The highest BCUT2D eigenvalue weighted by atomic mass is 32.1. The molecule has 1 aliphatic carbocycles. The van der Waals surface area contributed by atoms with E-state index in [1.807, 2.05) is 6.92 Å². The van der Waals surface area contributed by atoms with Gasteiger partial charge in [0.15, 0.2) is 0 Å². The molecule has 118 valence electrons. The highest BCUT2D eigenvalue weighted by Crippen LogP contribution is 2.44. The molecule has 0 spiro atoms. The number of fused-ring (bicyclic) bond motifs is 1. The minimum Gasteiger partial charge on any atom is -0.393 e. The number of hydrogen-bond donors (Lipinski definition) is 1. The van der Waals surface area contributed by atoms with E-state index < -0.39 is 47.3 Å². The second kappa shape index (κ2) is 5.55. The fourth-order valence-corrected chi connectivity index (χ4v) is 3.46. The van der Waals surface area contributed by atoms with Crippen molar-refractivity contribution in [2.75, 3.05) is 6.54 Å². The number of rotatable bonds is 4. The number of carbonyl (C=O) groups is 2. The van der Waals surface area contributed by atoms with E-state index in [1.54, 1.807) is 0 Å². The summed E-state index contributed by atoms with van der Waals surface area (Å²) in [6.07, 6.45) is -2.64. The number of hydrogen-bond acceptors (Lipinski definition) is 3. The summed E-state index contributed by atoms with van der Waals surface area (Å²) in [4.78, 5) is 24.4. The summed E-state index contributed by atoms with van der Waals surface area (Å²) >= 11 is 4.42. The van der Waals surface area contributed by atoms with Gasteiger partial charge in [-0.05, 0) is 18.8 Å². The van der Waals surface area contributed by atoms with Crippen molar-refractivity contribution >= 4 is 29.0 Å². The summed E-state index contributed by atoms with van der Waals surface area (Å²) in [5.74, 6) is -3.80. The summed E-state index contributed by atoms with van der Waals surface area (Å²) in [5.41, 5.74) is 5.11. The lowest BCUT2D eigenvalue weighted by atomic mass is 10.00. The third kappa shape index (κ3) is 2.90. The molecule has 0 bridgehead atoms. The van der Waals surface area contributed by atoms with Crippen LogP contribution in [-0.2, 0) is 9.59 Å². The Balaban J connectivity index is 2.14. The molecule has 0 aromatic carbocycles. The minimum atomic E-state index is -4.66. The number of halogens is 3. The molecule has 3 atom stereocenters. The van der Waals surface area contributed by atoms with Crippen molar-refractivity contribution in [1.82, 2.24) is 4.90 Å². The Labute approximate surface area is 125 Å². The third-order valence-electron chi connectivity index (χ3n) is 4.51. The van der Waals surface area contributed by atoms with Crippen molar-refractivity contribution in [3.8, 4) is 0 Å². The van der Waals surface area contributed by atoms with Crippen LogP contribution in [0.5, 0.6) is 0 Å². The van der Waals surface area contributed by atoms with E-state index >= 15 is 0 Å². The van der Waals surface area contributed by atoms with Crippen LogP contribution in [0, 0.1) is 23.7 Å². The Kier molecular flexibility index (Phi) is 4.28. The van der Waals surface area contributed by atoms with E-state index in [0.717, 1.165) is 6.42 Å². The molecule has 0 radical (unpaired) electrons. The van der Waals surface area contributed by atoms with Crippen LogP contribution in [0.25, 0.3) is 0 Å². The van der Waals surface area contributed by atoms with Gasteiger partial charge in [-0.1, -0.05) is 25.6 Å². The molecule has 3 unspecified atom stereocenters. The van der Waals surface area contributed by atoms with Crippen LogP contribution in [0.4, 0.5) is 13.2 Å². The monoisotopic (exact) mass is 322 g/mol. The lowest BCUT2D eigenvalue weighted by Gasteiger charge is -2.25. The number of amides is 2. The zero-order valence-electron chi connectivity index (χ0n) is 11.5. The number of thiocarbonyl (C=S) groups is 1. The molecule has 1 heterocycles. The predicted molar refractivity (Wildman–Crippen MR) is 73.0 cm³/mol. The highest BCUT2D eigenvalue weighted by Gasteiger charge is 2.54. The first-order valence-electron chi connectivity index (χ1n) is 6.88. The second-order valence-electron chi connectivity index (χ2n) is 5.74. The van der Waals surface area contributed by atoms with Gasteiger partial charge >= 0.3 is 6.18 Å². The van der Waals surface area contributed by atoms with Gasteiger partial charge in [-0.3, -0.25) is 14.5 Å². The quantitative estimate of drug-likeness (QED) is 0.634. The van der Waals surface area contributed by atoms with Crippen LogP contribution in [0.3, 0.4) is 0 Å². The normalized spacial score (nSPS) is 30.7. The molecular formula is C13H17F3N2O2S. The molecule has 4 nitrogen and oxygen atoms in total. The van der Waals surface area contributed by atoms with Crippen molar-refractivity contribution in [3.05, 3.63) is 0 Å². The maximum Gasteiger partial charge on any atom is 0.399 e. The fourth-order valence-electron chi connectivity index (χ4n) is 3.25. The average Bonchev–Trinajstić information content (AvgIpc) is 2.87. The average molecular weight is 322 g/mol. The number of carbonyl (C=O) groups excluding carboxylic acids is 2. The largest absolute Gasteiger partial charge is 0.399 e. The van der Waals surface area contributed by atoms with Crippen molar-refractivity contribution < 1.29 is 22.8 Å². The van der Waals surface area contributed by atoms with Gasteiger partial charge in [0.1, 0.15) is 5.92 Å². The molecule has 2 rings (SSSR count). The first-order valence-corrected chi connectivity index (χ1v) is 7.28. The lowest BCUT2D eigenvalue weighted by molar-refractivity contribution is -0.164. The van der Waals surface area contributed by atoms with Gasteiger partial charge in [0.05, 0.1) is 16.8 Å². The molecule has 0 aromatic heterocycles. The van der Waals surface area contributed by atoms with Crippen molar-refractivity contribution in [2.24, 2.45) is 29.4 Å². The Morgan fingerprint density at radius 3 is 2.14 bits per heavy atom. The summed E-state index contributed by atoms with van der Waals surface area (Å²) in [5, 5.41) is 0. The van der Waals surface area contributed by atoms with E-state index in [4.69, 9.17) is 5.73 Å². The Hall–Kier alpha value is -1.18. The Bertz CT molecular complexity index is 457. The molecule has 2 amide bonds. The van der Waals surface area contributed by atoms with Crippen LogP contribution in [0.15, 0.2) is 0 Å². The van der Waals surface area contributed by atoms with E-state index in [-0.39, 0.29) is 0 Å². The minimum absolute atomic E-state index is 0.295. The van der Waals surface area contributed by atoms with E-state index in [2.05, 4.69) is 12.2 Å². The van der Waals surface area contributed by atoms with Crippen LogP contribution in [0.2, 0.25) is 0 Å². The lowest BCUT2D eigenvalue weighted by Crippen LogP contribution is -2.46. The topological polar surface area (TPSA) is 63.4 Å². The van der Waals surface area contributed by atoms with Crippen molar-refractivity contribution in [2.45, 2.75) is 32.4 Å². The molecule has 1 aliphatic heterocycles. The van der Waals surface area contributed by atoms with Crippen LogP contribution < -0.4 is 5.73 Å². The van der Waals surface area contributed by atoms with E-state index in [9.17, 15) is 22.8 Å². The Morgan fingerprint density at radius 2 is 1.81 bits per heavy atom. The van der Waals surface area contributed by atoms with Gasteiger partial charge in [-0.25, -0.2) is 0 Å².